The van der Waals surface area contributed by atoms with Crippen molar-refractivity contribution in [3.8, 4) is 0 Å². The molecule has 1 aromatic heterocycles. The number of ether oxygens (including phenoxy) is 1. The molecular formula is C9H8O3. The monoisotopic (exact) mass is 164 g/mol. The average Bonchev–Trinajstić information content (AvgIpc) is 2.69. The Labute approximate surface area is 69.3 Å². The first-order valence-corrected chi connectivity index (χ1v) is 4.08. The zero-order chi connectivity index (χ0) is 8.18. The molecule has 0 amide bonds. The topological polar surface area (TPSA) is 39.4 Å². The molecule has 1 aromatic rings. The van der Waals surface area contributed by atoms with Crippen molar-refractivity contribution in [3.63, 3.8) is 0 Å². The molecule has 0 radical (unpaired) electrons. The second kappa shape index (κ2) is 1.73. The maximum Gasteiger partial charge on any atom is 0.320 e. The minimum absolute atomic E-state index is 0.114. The van der Waals surface area contributed by atoms with Crippen molar-refractivity contribution in [2.24, 2.45) is 0 Å². The molecule has 3 rings (SSSR count). The van der Waals surface area contributed by atoms with Gasteiger partial charge >= 0.3 is 5.97 Å². The van der Waals surface area contributed by atoms with E-state index in [4.69, 9.17) is 9.15 Å². The summed E-state index contributed by atoms with van der Waals surface area (Å²) >= 11 is 0. The van der Waals surface area contributed by atoms with Gasteiger partial charge in [0.15, 0.2) is 0 Å². The van der Waals surface area contributed by atoms with Gasteiger partial charge in [0.1, 0.15) is 16.9 Å². The van der Waals surface area contributed by atoms with Gasteiger partial charge in [-0.2, -0.15) is 0 Å². The SMILES string of the molecule is O=C1OCCC12Cc1ccc2o1. The summed E-state index contributed by atoms with van der Waals surface area (Å²) in [5.41, 5.74) is -0.427. The van der Waals surface area contributed by atoms with Gasteiger partial charge in [-0.3, -0.25) is 4.79 Å². The molecule has 1 unspecified atom stereocenters. The molecule has 0 saturated carbocycles. The first-order valence-electron chi connectivity index (χ1n) is 4.08. The molecule has 2 aliphatic heterocycles. The van der Waals surface area contributed by atoms with Crippen molar-refractivity contribution in [2.75, 3.05) is 6.61 Å². The predicted octanol–water partition coefficient (Wildman–Crippen LogP) is 1.02. The van der Waals surface area contributed by atoms with E-state index in [2.05, 4.69) is 0 Å². The summed E-state index contributed by atoms with van der Waals surface area (Å²) in [4.78, 5) is 11.4. The second-order valence-electron chi connectivity index (χ2n) is 3.41. The summed E-state index contributed by atoms with van der Waals surface area (Å²) in [5, 5.41) is 0. The van der Waals surface area contributed by atoms with Crippen LogP contribution < -0.4 is 0 Å². The number of furan rings is 1. The number of carbonyl (C=O) groups is 1. The van der Waals surface area contributed by atoms with Gasteiger partial charge in [0.2, 0.25) is 0 Å². The second-order valence-corrected chi connectivity index (χ2v) is 3.41. The number of cyclic esters (lactones) is 1. The third-order valence-corrected chi connectivity index (χ3v) is 2.76. The van der Waals surface area contributed by atoms with E-state index in [-0.39, 0.29) is 5.97 Å². The minimum atomic E-state index is -0.427. The standard InChI is InChI=1S/C9H8O3/c10-8-9(3-4-11-8)5-6-1-2-7(9)12-6/h1-2H,3-5H2. The van der Waals surface area contributed by atoms with Gasteiger partial charge in [-0.05, 0) is 12.1 Å². The van der Waals surface area contributed by atoms with Crippen LogP contribution in [0, 0.1) is 0 Å². The normalized spacial score (nSPS) is 31.5. The van der Waals surface area contributed by atoms with Gasteiger partial charge < -0.3 is 9.15 Å². The lowest BCUT2D eigenvalue weighted by Gasteiger charge is -2.15. The summed E-state index contributed by atoms with van der Waals surface area (Å²) in [7, 11) is 0. The molecule has 2 aliphatic rings. The lowest BCUT2D eigenvalue weighted by Crippen LogP contribution is -2.31. The molecule has 2 bridgehead atoms. The molecule has 0 aliphatic carbocycles. The molecule has 1 fully saturated rings. The first kappa shape index (κ1) is 6.29. The van der Waals surface area contributed by atoms with E-state index in [1.165, 1.54) is 0 Å². The number of carbonyl (C=O) groups excluding carboxylic acids is 1. The minimum Gasteiger partial charge on any atom is -0.465 e. The fourth-order valence-electron chi connectivity index (χ4n) is 2.06. The van der Waals surface area contributed by atoms with Gasteiger partial charge in [0.05, 0.1) is 6.61 Å². The van der Waals surface area contributed by atoms with Crippen LogP contribution in [0.1, 0.15) is 17.9 Å². The molecule has 0 aromatic carbocycles. The van der Waals surface area contributed by atoms with Crippen LogP contribution >= 0.6 is 0 Å². The number of rotatable bonds is 0. The molecule has 1 saturated heterocycles. The summed E-state index contributed by atoms with van der Waals surface area (Å²) in [6, 6.07) is 3.80. The van der Waals surface area contributed by atoms with Crippen LogP contribution in [-0.2, 0) is 21.4 Å². The van der Waals surface area contributed by atoms with Crippen LogP contribution in [0.15, 0.2) is 16.5 Å². The average molecular weight is 164 g/mol. The quantitative estimate of drug-likeness (QED) is 0.537. The maximum absolute atomic E-state index is 11.4. The Balaban J connectivity index is 2.15. The molecule has 1 atom stereocenters. The zero-order valence-corrected chi connectivity index (χ0v) is 6.50. The van der Waals surface area contributed by atoms with E-state index in [1.807, 2.05) is 12.1 Å². The van der Waals surface area contributed by atoms with E-state index < -0.39 is 5.41 Å². The van der Waals surface area contributed by atoms with Crippen LogP contribution in [0.5, 0.6) is 0 Å². The molecule has 1 spiro atoms. The van der Waals surface area contributed by atoms with Gasteiger partial charge in [-0.1, -0.05) is 0 Å². The van der Waals surface area contributed by atoms with Crippen molar-refractivity contribution < 1.29 is 13.9 Å². The Morgan fingerprint density at radius 3 is 2.83 bits per heavy atom. The van der Waals surface area contributed by atoms with Crippen molar-refractivity contribution in [2.45, 2.75) is 18.3 Å². The van der Waals surface area contributed by atoms with E-state index in [0.29, 0.717) is 13.0 Å². The number of hydrogen-bond donors (Lipinski definition) is 0. The Bertz CT molecular complexity index is 352. The van der Waals surface area contributed by atoms with Crippen LogP contribution in [0.3, 0.4) is 0 Å². The summed E-state index contributed by atoms with van der Waals surface area (Å²) in [5.74, 6) is 1.58. The summed E-state index contributed by atoms with van der Waals surface area (Å²) in [6.07, 6.45) is 1.48. The number of esters is 1. The Morgan fingerprint density at radius 2 is 2.33 bits per heavy atom. The number of fused-ring (bicyclic) bond motifs is 3. The lowest BCUT2D eigenvalue weighted by atomic mass is 9.79. The molecule has 62 valence electrons. The van der Waals surface area contributed by atoms with Gasteiger partial charge in [-0.15, -0.1) is 0 Å². The van der Waals surface area contributed by atoms with E-state index >= 15 is 0 Å². The Hall–Kier alpha value is -1.25. The Morgan fingerprint density at radius 1 is 1.42 bits per heavy atom. The predicted molar refractivity (Wildman–Crippen MR) is 39.7 cm³/mol. The van der Waals surface area contributed by atoms with Gasteiger partial charge in [0.25, 0.3) is 0 Å². The van der Waals surface area contributed by atoms with Crippen LogP contribution in [0.25, 0.3) is 0 Å². The fraction of sp³-hybridized carbons (Fsp3) is 0.444. The highest BCUT2D eigenvalue weighted by Crippen LogP contribution is 2.43. The smallest absolute Gasteiger partial charge is 0.320 e. The van der Waals surface area contributed by atoms with Gasteiger partial charge in [0, 0.05) is 12.8 Å². The number of hydrogen-bond acceptors (Lipinski definition) is 3. The summed E-state index contributed by atoms with van der Waals surface area (Å²) < 4.78 is 10.4. The molecule has 3 heterocycles. The van der Waals surface area contributed by atoms with Gasteiger partial charge in [-0.25, -0.2) is 0 Å². The molecular weight excluding hydrogens is 156 g/mol. The highest BCUT2D eigenvalue weighted by molar-refractivity contribution is 5.85. The largest absolute Gasteiger partial charge is 0.465 e. The van der Waals surface area contributed by atoms with Crippen LogP contribution in [0.2, 0.25) is 0 Å². The maximum atomic E-state index is 11.4. The highest BCUT2D eigenvalue weighted by atomic mass is 16.5. The molecule has 12 heavy (non-hydrogen) atoms. The first-order chi connectivity index (χ1) is 5.81. The van der Waals surface area contributed by atoms with E-state index in [0.717, 1.165) is 17.9 Å². The van der Waals surface area contributed by atoms with Crippen LogP contribution in [0.4, 0.5) is 0 Å². The third kappa shape index (κ3) is 0.521. The zero-order valence-electron chi connectivity index (χ0n) is 6.50. The summed E-state index contributed by atoms with van der Waals surface area (Å²) in [6.45, 7) is 0.535. The van der Waals surface area contributed by atoms with Crippen molar-refractivity contribution in [3.05, 3.63) is 23.7 Å². The fourth-order valence-corrected chi connectivity index (χ4v) is 2.06. The highest BCUT2D eigenvalue weighted by Gasteiger charge is 2.52. The molecule has 0 N–H and O–H groups in total. The van der Waals surface area contributed by atoms with E-state index in [1.54, 1.807) is 0 Å². The third-order valence-electron chi connectivity index (χ3n) is 2.76. The lowest BCUT2D eigenvalue weighted by molar-refractivity contribution is -0.142. The van der Waals surface area contributed by atoms with Crippen LogP contribution in [-0.4, -0.2) is 12.6 Å². The molecule has 3 heteroatoms. The molecule has 3 nitrogen and oxygen atoms in total. The van der Waals surface area contributed by atoms with Crippen molar-refractivity contribution in [1.29, 1.82) is 0 Å². The Kier molecular flexibility index (Phi) is 0.908. The van der Waals surface area contributed by atoms with Crippen molar-refractivity contribution in [1.82, 2.24) is 0 Å². The van der Waals surface area contributed by atoms with E-state index in [9.17, 15) is 4.79 Å². The van der Waals surface area contributed by atoms with Crippen molar-refractivity contribution >= 4 is 5.97 Å².